The number of nitrogens with zero attached hydrogens (tertiary/aromatic N) is 1. The number of nitrogens with two attached hydrogens (primary N) is 1. The number of primary sulfonamides is 1. The van der Waals surface area contributed by atoms with Crippen LogP contribution in [0.4, 0.5) is 17.6 Å². The number of H-pyrrole nitrogens is 1. The van der Waals surface area contributed by atoms with Crippen molar-refractivity contribution in [2.75, 3.05) is 0 Å². The number of imidazole rings is 1. The van der Waals surface area contributed by atoms with Gasteiger partial charge in [0.25, 0.3) is 0 Å². The molecule has 3 N–H and O–H groups in total. The first-order valence-corrected chi connectivity index (χ1v) is 10.7. The third-order valence-corrected chi connectivity index (χ3v) is 5.62. The minimum absolute atomic E-state index is 0.0322. The lowest BCUT2D eigenvalue weighted by Gasteiger charge is -2.10. The molecule has 0 spiro atoms. The summed E-state index contributed by atoms with van der Waals surface area (Å²) in [6.07, 6.45) is -4.84. The van der Waals surface area contributed by atoms with Crippen molar-refractivity contribution in [3.05, 3.63) is 77.9 Å². The maximum Gasteiger partial charge on any atom is 0.419 e. The standard InChI is InChI=1S/C21H15F4N3O3S/c22-16-7-6-13(10-15(16)21(23,24)25)31-11-20-27-17-8-5-12(9-18(17)28-20)14-3-1-2-4-19(14)32(26,29)30/h1-10H,11H2,(H,27,28)(H2,26,29,30). The number of fused-ring (bicyclic) bond motifs is 1. The van der Waals surface area contributed by atoms with Crippen molar-refractivity contribution >= 4 is 21.1 Å². The second-order valence-corrected chi connectivity index (χ2v) is 8.41. The maximum absolute atomic E-state index is 13.4. The molecule has 3 aromatic carbocycles. The highest BCUT2D eigenvalue weighted by atomic mass is 32.2. The van der Waals surface area contributed by atoms with Crippen LogP contribution < -0.4 is 9.88 Å². The molecule has 4 aromatic rings. The van der Waals surface area contributed by atoms with E-state index in [1.54, 1.807) is 36.4 Å². The van der Waals surface area contributed by atoms with Crippen LogP contribution in [0.3, 0.4) is 0 Å². The lowest BCUT2D eigenvalue weighted by atomic mass is 10.1. The van der Waals surface area contributed by atoms with Crippen LogP contribution in [0, 0.1) is 5.82 Å². The van der Waals surface area contributed by atoms with Gasteiger partial charge in [-0.25, -0.2) is 22.9 Å². The van der Waals surface area contributed by atoms with Gasteiger partial charge in [0.2, 0.25) is 10.0 Å². The highest BCUT2D eigenvalue weighted by Gasteiger charge is 2.34. The molecule has 1 aromatic heterocycles. The lowest BCUT2D eigenvalue weighted by Crippen LogP contribution is -2.13. The van der Waals surface area contributed by atoms with Crippen LogP contribution in [0.2, 0.25) is 0 Å². The fourth-order valence-electron chi connectivity index (χ4n) is 3.21. The van der Waals surface area contributed by atoms with E-state index in [1.165, 1.54) is 6.07 Å². The molecule has 6 nitrogen and oxygen atoms in total. The molecule has 1 heterocycles. The SMILES string of the molecule is NS(=O)(=O)c1ccccc1-c1ccc2[nH]c(COc3ccc(F)c(C(F)(F)F)c3)nc2c1. The number of aromatic amines is 1. The molecule has 0 saturated heterocycles. The number of ether oxygens (including phenoxy) is 1. The molecule has 166 valence electrons. The van der Waals surface area contributed by atoms with E-state index in [-0.39, 0.29) is 17.3 Å². The van der Waals surface area contributed by atoms with Gasteiger partial charge in [-0.2, -0.15) is 13.2 Å². The van der Waals surface area contributed by atoms with E-state index in [1.807, 2.05) is 0 Å². The fraction of sp³-hybridized carbons (Fsp3) is 0.0952. The van der Waals surface area contributed by atoms with E-state index >= 15 is 0 Å². The summed E-state index contributed by atoms with van der Waals surface area (Å²) in [5.74, 6) is -1.24. The molecule has 0 unspecified atom stereocenters. The Labute approximate surface area is 179 Å². The summed E-state index contributed by atoms with van der Waals surface area (Å²) in [5.41, 5.74) is 0.645. The highest BCUT2D eigenvalue weighted by molar-refractivity contribution is 7.89. The molecule has 32 heavy (non-hydrogen) atoms. The zero-order chi connectivity index (χ0) is 23.1. The lowest BCUT2D eigenvalue weighted by molar-refractivity contribution is -0.140. The van der Waals surface area contributed by atoms with Gasteiger partial charge in [0.15, 0.2) is 0 Å². The number of aromatic nitrogens is 2. The van der Waals surface area contributed by atoms with Crippen LogP contribution >= 0.6 is 0 Å². The normalized spacial score (nSPS) is 12.3. The predicted molar refractivity (Wildman–Crippen MR) is 109 cm³/mol. The number of halogens is 4. The summed E-state index contributed by atoms with van der Waals surface area (Å²) in [6.45, 7) is -0.194. The molecule has 0 aliphatic heterocycles. The van der Waals surface area contributed by atoms with Crippen LogP contribution in [0.1, 0.15) is 11.4 Å². The Balaban J connectivity index is 1.60. The first-order valence-electron chi connectivity index (χ1n) is 9.13. The van der Waals surface area contributed by atoms with Crippen molar-refractivity contribution in [3.8, 4) is 16.9 Å². The molecule has 4 rings (SSSR count). The molecule has 0 radical (unpaired) electrons. The van der Waals surface area contributed by atoms with Gasteiger partial charge in [0, 0.05) is 5.56 Å². The molecule has 0 fully saturated rings. The van der Waals surface area contributed by atoms with Gasteiger partial charge in [-0.05, 0) is 42.0 Å². The van der Waals surface area contributed by atoms with Gasteiger partial charge in [-0.15, -0.1) is 0 Å². The largest absolute Gasteiger partial charge is 0.486 e. The minimum atomic E-state index is -4.84. The van der Waals surface area contributed by atoms with Crippen molar-refractivity contribution in [1.82, 2.24) is 9.97 Å². The summed E-state index contributed by atoms with van der Waals surface area (Å²) in [4.78, 5) is 7.28. The van der Waals surface area contributed by atoms with E-state index in [0.717, 1.165) is 6.07 Å². The van der Waals surface area contributed by atoms with Gasteiger partial charge in [-0.3, -0.25) is 0 Å². The van der Waals surface area contributed by atoms with Crippen LogP contribution in [0.5, 0.6) is 5.75 Å². The monoisotopic (exact) mass is 465 g/mol. The maximum atomic E-state index is 13.4. The van der Waals surface area contributed by atoms with Crippen molar-refractivity contribution in [3.63, 3.8) is 0 Å². The van der Waals surface area contributed by atoms with Gasteiger partial charge in [0.1, 0.15) is 24.0 Å². The molecule has 0 atom stereocenters. The van der Waals surface area contributed by atoms with Crippen molar-refractivity contribution in [2.24, 2.45) is 5.14 Å². The Morgan fingerprint density at radius 3 is 2.50 bits per heavy atom. The smallest absolute Gasteiger partial charge is 0.419 e. The zero-order valence-corrected chi connectivity index (χ0v) is 17.0. The first-order chi connectivity index (χ1) is 15.0. The fourth-order valence-corrected chi connectivity index (χ4v) is 3.97. The third kappa shape index (κ3) is 4.43. The number of benzene rings is 3. The van der Waals surface area contributed by atoms with Crippen molar-refractivity contribution in [1.29, 1.82) is 0 Å². The molecule has 0 aliphatic rings. The van der Waals surface area contributed by atoms with Gasteiger partial charge >= 0.3 is 6.18 Å². The second kappa shape index (κ2) is 7.92. The minimum Gasteiger partial charge on any atom is -0.486 e. The van der Waals surface area contributed by atoms with Gasteiger partial charge in [-0.1, -0.05) is 24.3 Å². The van der Waals surface area contributed by atoms with Crippen molar-refractivity contribution in [2.45, 2.75) is 17.7 Å². The molecule has 0 saturated carbocycles. The van der Waals surface area contributed by atoms with E-state index in [0.29, 0.717) is 40.1 Å². The average molecular weight is 465 g/mol. The average Bonchev–Trinajstić information content (AvgIpc) is 3.14. The number of sulfonamides is 1. The summed E-state index contributed by atoms with van der Waals surface area (Å²) in [7, 11) is -3.94. The Kier molecular flexibility index (Phi) is 5.39. The van der Waals surface area contributed by atoms with Crippen LogP contribution in [0.25, 0.3) is 22.2 Å². The Hall–Kier alpha value is -3.44. The number of nitrogens with one attached hydrogen (secondary N) is 1. The third-order valence-electron chi connectivity index (χ3n) is 4.66. The summed E-state index contributed by atoms with van der Waals surface area (Å²) in [6, 6.07) is 13.6. The predicted octanol–water partition coefficient (Wildman–Crippen LogP) is 4.61. The topological polar surface area (TPSA) is 98.1 Å². The number of alkyl halides is 3. The number of hydrogen-bond donors (Lipinski definition) is 2. The molecule has 0 amide bonds. The summed E-state index contributed by atoms with van der Waals surface area (Å²) >= 11 is 0. The number of hydrogen-bond acceptors (Lipinski definition) is 4. The van der Waals surface area contributed by atoms with Gasteiger partial charge < -0.3 is 9.72 Å². The highest BCUT2D eigenvalue weighted by Crippen LogP contribution is 2.34. The Bertz CT molecular complexity index is 1420. The molecule has 0 bridgehead atoms. The van der Waals surface area contributed by atoms with E-state index in [4.69, 9.17) is 9.88 Å². The van der Waals surface area contributed by atoms with Crippen LogP contribution in [-0.4, -0.2) is 18.4 Å². The Morgan fingerprint density at radius 1 is 1.03 bits per heavy atom. The molecular formula is C21H15F4N3O3S. The first kappa shape index (κ1) is 21.8. The van der Waals surface area contributed by atoms with E-state index in [9.17, 15) is 26.0 Å². The van der Waals surface area contributed by atoms with E-state index < -0.39 is 27.6 Å². The van der Waals surface area contributed by atoms with Crippen molar-refractivity contribution < 1.29 is 30.7 Å². The quantitative estimate of drug-likeness (QED) is 0.421. The Morgan fingerprint density at radius 2 is 1.78 bits per heavy atom. The summed E-state index contributed by atoms with van der Waals surface area (Å²) in [5, 5.41) is 5.29. The van der Waals surface area contributed by atoms with Crippen LogP contribution in [-0.2, 0) is 22.8 Å². The second-order valence-electron chi connectivity index (χ2n) is 6.88. The van der Waals surface area contributed by atoms with E-state index in [2.05, 4.69) is 9.97 Å². The zero-order valence-electron chi connectivity index (χ0n) is 16.2. The number of rotatable bonds is 5. The van der Waals surface area contributed by atoms with Gasteiger partial charge in [0.05, 0.1) is 21.5 Å². The van der Waals surface area contributed by atoms with Crippen LogP contribution in [0.15, 0.2) is 65.6 Å². The summed E-state index contributed by atoms with van der Waals surface area (Å²) < 4.78 is 81.0. The molecular weight excluding hydrogens is 450 g/mol. The molecule has 11 heteroatoms. The molecule has 0 aliphatic carbocycles.